The Morgan fingerprint density at radius 1 is 1.10 bits per heavy atom. The van der Waals surface area contributed by atoms with Crippen molar-refractivity contribution in [2.75, 3.05) is 0 Å². The second-order valence-electron chi connectivity index (χ2n) is 7.17. The van der Waals surface area contributed by atoms with Gasteiger partial charge in [-0.05, 0) is 38.0 Å². The fraction of sp³-hybridized carbons (Fsp3) is 0.217. The third-order valence-electron chi connectivity index (χ3n) is 4.91. The van der Waals surface area contributed by atoms with Crippen LogP contribution < -0.4 is 5.32 Å². The number of carbonyl (C=O) groups excluding carboxylic acids is 1. The van der Waals surface area contributed by atoms with Gasteiger partial charge in [0.25, 0.3) is 5.91 Å². The van der Waals surface area contributed by atoms with Crippen LogP contribution in [-0.2, 0) is 5.75 Å². The highest BCUT2D eigenvalue weighted by Crippen LogP contribution is 2.27. The molecule has 0 aliphatic carbocycles. The quantitative estimate of drug-likeness (QED) is 0.396. The second-order valence-corrected chi connectivity index (χ2v) is 9.06. The molecule has 1 amide bonds. The molecule has 31 heavy (non-hydrogen) atoms. The number of aryl methyl sites for hydroxylation is 2. The molecule has 6 nitrogen and oxygen atoms in total. The molecule has 0 radical (unpaired) electrons. The zero-order valence-electron chi connectivity index (χ0n) is 17.6. The number of nitrogens with zero attached hydrogens (tertiary/aromatic N) is 4. The summed E-state index contributed by atoms with van der Waals surface area (Å²) in [6.07, 6.45) is 0. The molecule has 1 atom stereocenters. The van der Waals surface area contributed by atoms with E-state index in [1.165, 1.54) is 11.3 Å². The predicted molar refractivity (Wildman–Crippen MR) is 125 cm³/mol. The highest BCUT2D eigenvalue weighted by atomic mass is 32.2. The number of aromatic nitrogens is 4. The topological polar surface area (TPSA) is 72.7 Å². The number of benzene rings is 2. The molecule has 0 saturated heterocycles. The van der Waals surface area contributed by atoms with Crippen molar-refractivity contribution < 1.29 is 4.79 Å². The highest BCUT2D eigenvalue weighted by molar-refractivity contribution is 7.98. The Balaban J connectivity index is 1.43. The molecule has 0 fully saturated rings. The van der Waals surface area contributed by atoms with E-state index < -0.39 is 0 Å². The molecule has 2 heterocycles. The Morgan fingerprint density at radius 3 is 2.61 bits per heavy atom. The third kappa shape index (κ3) is 4.86. The number of thioether (sulfide) groups is 1. The zero-order valence-corrected chi connectivity index (χ0v) is 19.2. The number of rotatable bonds is 7. The van der Waals surface area contributed by atoms with Crippen LogP contribution >= 0.6 is 23.1 Å². The van der Waals surface area contributed by atoms with Crippen molar-refractivity contribution in [3.05, 3.63) is 87.6 Å². The minimum atomic E-state index is -0.164. The van der Waals surface area contributed by atoms with Gasteiger partial charge >= 0.3 is 0 Å². The van der Waals surface area contributed by atoms with E-state index in [-0.39, 0.29) is 11.9 Å². The van der Waals surface area contributed by atoms with Gasteiger partial charge in [0.1, 0.15) is 16.5 Å². The van der Waals surface area contributed by atoms with Crippen LogP contribution in [0.15, 0.2) is 65.1 Å². The second kappa shape index (κ2) is 9.45. The van der Waals surface area contributed by atoms with Crippen molar-refractivity contribution in [3.63, 3.8) is 0 Å². The van der Waals surface area contributed by atoms with Crippen molar-refractivity contribution in [2.24, 2.45) is 0 Å². The number of amides is 1. The number of para-hydroxylation sites is 1. The van der Waals surface area contributed by atoms with Gasteiger partial charge in [-0.25, -0.2) is 4.98 Å². The van der Waals surface area contributed by atoms with Crippen molar-refractivity contribution in [1.29, 1.82) is 0 Å². The van der Waals surface area contributed by atoms with E-state index in [0.717, 1.165) is 32.8 Å². The summed E-state index contributed by atoms with van der Waals surface area (Å²) in [5.41, 5.74) is 3.74. The summed E-state index contributed by atoms with van der Waals surface area (Å²) in [6.45, 7) is 5.99. The van der Waals surface area contributed by atoms with Gasteiger partial charge in [-0.2, -0.15) is 0 Å². The standard InChI is InChI=1S/C23H23N5OS2/c1-15-9-7-8-12-20(15)28-17(3)26-27-23(28)31-14-21-25-19(13-30-21)22(29)24-16(2)18-10-5-4-6-11-18/h4-13,16H,14H2,1-3H3,(H,24,29). The first kappa shape index (κ1) is 21.3. The molecule has 0 spiro atoms. The summed E-state index contributed by atoms with van der Waals surface area (Å²) in [5, 5.41) is 15.1. The molecule has 2 aromatic heterocycles. The zero-order chi connectivity index (χ0) is 21.8. The molecule has 0 aliphatic heterocycles. The lowest BCUT2D eigenvalue weighted by Gasteiger charge is -2.13. The average molecular weight is 450 g/mol. The molecular weight excluding hydrogens is 426 g/mol. The monoisotopic (exact) mass is 449 g/mol. The number of carbonyl (C=O) groups is 1. The number of thiazole rings is 1. The van der Waals surface area contributed by atoms with E-state index in [2.05, 4.69) is 44.1 Å². The molecule has 2 aromatic carbocycles. The van der Waals surface area contributed by atoms with Gasteiger partial charge in [-0.15, -0.1) is 21.5 Å². The van der Waals surface area contributed by atoms with E-state index in [4.69, 9.17) is 0 Å². The minimum Gasteiger partial charge on any atom is -0.344 e. The van der Waals surface area contributed by atoms with Gasteiger partial charge in [-0.3, -0.25) is 9.36 Å². The molecule has 1 unspecified atom stereocenters. The summed E-state index contributed by atoms with van der Waals surface area (Å²) >= 11 is 3.05. The lowest BCUT2D eigenvalue weighted by atomic mass is 10.1. The van der Waals surface area contributed by atoms with E-state index in [1.54, 1.807) is 17.1 Å². The molecule has 4 rings (SSSR count). The Bertz CT molecular complexity index is 1190. The van der Waals surface area contributed by atoms with Crippen LogP contribution in [0.1, 0.15) is 45.4 Å². The first-order valence-electron chi connectivity index (χ1n) is 9.94. The van der Waals surface area contributed by atoms with E-state index in [1.807, 2.05) is 56.3 Å². The Labute approximate surface area is 189 Å². The molecule has 8 heteroatoms. The van der Waals surface area contributed by atoms with E-state index >= 15 is 0 Å². The van der Waals surface area contributed by atoms with Gasteiger partial charge < -0.3 is 5.32 Å². The van der Waals surface area contributed by atoms with E-state index in [0.29, 0.717) is 11.4 Å². The smallest absolute Gasteiger partial charge is 0.271 e. The number of hydrogen-bond acceptors (Lipinski definition) is 6. The van der Waals surface area contributed by atoms with Crippen LogP contribution in [0.3, 0.4) is 0 Å². The molecular formula is C23H23N5OS2. The summed E-state index contributed by atoms with van der Waals surface area (Å²) in [7, 11) is 0. The lowest BCUT2D eigenvalue weighted by molar-refractivity contribution is 0.0935. The van der Waals surface area contributed by atoms with Crippen LogP contribution in [0.25, 0.3) is 5.69 Å². The first-order valence-corrected chi connectivity index (χ1v) is 11.8. The summed E-state index contributed by atoms with van der Waals surface area (Å²) in [6, 6.07) is 18.0. The van der Waals surface area contributed by atoms with Crippen LogP contribution in [0, 0.1) is 13.8 Å². The maximum Gasteiger partial charge on any atom is 0.271 e. The summed E-state index contributed by atoms with van der Waals surface area (Å²) < 4.78 is 2.06. The minimum absolute atomic E-state index is 0.0798. The normalized spacial score (nSPS) is 12.0. The lowest BCUT2D eigenvalue weighted by Crippen LogP contribution is -2.26. The number of nitrogens with one attached hydrogen (secondary N) is 1. The molecule has 0 aliphatic rings. The van der Waals surface area contributed by atoms with Gasteiger partial charge in [0.15, 0.2) is 5.16 Å². The summed E-state index contributed by atoms with van der Waals surface area (Å²) in [4.78, 5) is 17.1. The van der Waals surface area contributed by atoms with Crippen molar-refractivity contribution >= 4 is 29.0 Å². The highest BCUT2D eigenvalue weighted by Gasteiger charge is 2.17. The Morgan fingerprint density at radius 2 is 1.84 bits per heavy atom. The SMILES string of the molecule is Cc1ccccc1-n1c(C)nnc1SCc1nc(C(=O)NC(C)c2ccccc2)cs1. The van der Waals surface area contributed by atoms with Gasteiger partial charge in [0.2, 0.25) is 0 Å². The summed E-state index contributed by atoms with van der Waals surface area (Å²) in [5.74, 6) is 1.30. The Kier molecular flexibility index (Phi) is 6.48. The molecule has 0 bridgehead atoms. The molecule has 4 aromatic rings. The number of hydrogen-bond donors (Lipinski definition) is 1. The van der Waals surface area contributed by atoms with Crippen molar-refractivity contribution in [1.82, 2.24) is 25.1 Å². The molecule has 0 saturated carbocycles. The fourth-order valence-electron chi connectivity index (χ4n) is 3.23. The maximum atomic E-state index is 12.6. The van der Waals surface area contributed by atoms with Crippen LogP contribution in [0.4, 0.5) is 0 Å². The van der Waals surface area contributed by atoms with Crippen molar-refractivity contribution in [2.45, 2.75) is 37.7 Å². The molecule has 158 valence electrons. The van der Waals surface area contributed by atoms with Gasteiger partial charge in [0.05, 0.1) is 17.5 Å². The van der Waals surface area contributed by atoms with Gasteiger partial charge in [0, 0.05) is 5.38 Å². The largest absolute Gasteiger partial charge is 0.344 e. The third-order valence-corrected chi connectivity index (χ3v) is 6.88. The predicted octanol–water partition coefficient (Wildman–Crippen LogP) is 5.12. The van der Waals surface area contributed by atoms with Gasteiger partial charge in [-0.1, -0.05) is 60.3 Å². The van der Waals surface area contributed by atoms with Crippen LogP contribution in [-0.4, -0.2) is 25.7 Å². The van der Waals surface area contributed by atoms with Crippen molar-refractivity contribution in [3.8, 4) is 5.69 Å². The maximum absolute atomic E-state index is 12.6. The van der Waals surface area contributed by atoms with E-state index in [9.17, 15) is 4.79 Å². The average Bonchev–Trinajstić information content (AvgIpc) is 3.40. The van der Waals surface area contributed by atoms with Crippen LogP contribution in [0.2, 0.25) is 0 Å². The first-order chi connectivity index (χ1) is 15.0. The Hall–Kier alpha value is -2.97. The fourth-order valence-corrected chi connectivity index (χ4v) is 5.01. The van der Waals surface area contributed by atoms with Crippen LogP contribution in [0.5, 0.6) is 0 Å². The molecule has 1 N–H and O–H groups in total.